The molecule has 0 spiro atoms. The minimum absolute atomic E-state index is 0.0746. The molecule has 2 amide bonds. The van der Waals surface area contributed by atoms with E-state index >= 15 is 0 Å². The van der Waals surface area contributed by atoms with E-state index in [9.17, 15) is 9.59 Å². The maximum absolute atomic E-state index is 13.0. The lowest BCUT2D eigenvalue weighted by atomic mass is 9.80. The Balaban J connectivity index is 1.46. The molecule has 2 aliphatic rings. The summed E-state index contributed by atoms with van der Waals surface area (Å²) in [6.45, 7) is 3.46. The van der Waals surface area contributed by atoms with Crippen molar-refractivity contribution in [3.63, 3.8) is 0 Å². The highest BCUT2D eigenvalue weighted by Crippen LogP contribution is 2.31. The third-order valence-electron chi connectivity index (χ3n) is 6.56. The van der Waals surface area contributed by atoms with E-state index in [1.807, 2.05) is 30.0 Å². The monoisotopic (exact) mass is 384 g/mol. The maximum atomic E-state index is 13.0. The highest BCUT2D eigenvalue weighted by Gasteiger charge is 2.32. The van der Waals surface area contributed by atoms with Crippen LogP contribution in [0.15, 0.2) is 30.3 Å². The first-order chi connectivity index (χ1) is 13.7. The van der Waals surface area contributed by atoms with Crippen LogP contribution in [0.4, 0.5) is 0 Å². The first kappa shape index (κ1) is 20.9. The lowest BCUT2D eigenvalue weighted by Gasteiger charge is -2.32. The average Bonchev–Trinajstić information content (AvgIpc) is 3.01. The molecule has 0 heterocycles. The van der Waals surface area contributed by atoms with Crippen LogP contribution in [0.2, 0.25) is 0 Å². The first-order valence-electron chi connectivity index (χ1n) is 11.3. The highest BCUT2D eigenvalue weighted by atomic mass is 16.2. The summed E-state index contributed by atoms with van der Waals surface area (Å²) in [6, 6.07) is 10.6. The number of carbonyl (C=O) groups is 2. The molecule has 0 radical (unpaired) electrons. The van der Waals surface area contributed by atoms with Crippen molar-refractivity contribution in [2.45, 2.75) is 83.7 Å². The molecule has 1 aromatic carbocycles. The van der Waals surface area contributed by atoms with Crippen LogP contribution in [-0.4, -0.2) is 29.3 Å². The minimum atomic E-state index is 0.0746. The Bertz CT molecular complexity index is 615. The zero-order chi connectivity index (χ0) is 19.8. The summed E-state index contributed by atoms with van der Waals surface area (Å²) in [7, 11) is 0. The molecule has 0 bridgehead atoms. The fourth-order valence-electron chi connectivity index (χ4n) is 4.75. The van der Waals surface area contributed by atoms with E-state index in [-0.39, 0.29) is 23.7 Å². The average molecular weight is 385 g/mol. The number of hydrogen-bond acceptors (Lipinski definition) is 2. The fourth-order valence-corrected chi connectivity index (χ4v) is 4.75. The summed E-state index contributed by atoms with van der Waals surface area (Å²) >= 11 is 0. The molecular weight excluding hydrogens is 348 g/mol. The number of hydrogen-bond donors (Lipinski definition) is 1. The standard InChI is InChI=1S/C24H36N2O2/c1-2-26(18-19-10-6-5-7-11-19)24(28)21-16-14-20(15-17-21)23(27)25-22-12-8-3-4-9-13-22/h5-7,10-11,20-22H,2-4,8-9,12-18H2,1H3,(H,25,27). The van der Waals surface area contributed by atoms with Gasteiger partial charge in [0, 0.05) is 31.0 Å². The Hall–Kier alpha value is -1.84. The Morgan fingerprint density at radius 2 is 1.50 bits per heavy atom. The summed E-state index contributed by atoms with van der Waals surface area (Å²) in [6.07, 6.45) is 10.7. The van der Waals surface area contributed by atoms with Crippen LogP contribution in [-0.2, 0) is 16.1 Å². The summed E-state index contributed by atoms with van der Waals surface area (Å²) in [5.41, 5.74) is 1.18. The fraction of sp³-hybridized carbons (Fsp3) is 0.667. The van der Waals surface area contributed by atoms with Crippen LogP contribution < -0.4 is 5.32 Å². The normalized spacial score (nSPS) is 23.6. The molecule has 0 aromatic heterocycles. The van der Waals surface area contributed by atoms with Crippen molar-refractivity contribution in [2.75, 3.05) is 6.54 Å². The van der Waals surface area contributed by atoms with Gasteiger partial charge in [0.25, 0.3) is 0 Å². The molecule has 0 atom stereocenters. The lowest BCUT2D eigenvalue weighted by Crippen LogP contribution is -2.42. The van der Waals surface area contributed by atoms with E-state index in [1.54, 1.807) is 0 Å². The second-order valence-corrected chi connectivity index (χ2v) is 8.58. The van der Waals surface area contributed by atoms with Gasteiger partial charge >= 0.3 is 0 Å². The number of benzene rings is 1. The Morgan fingerprint density at radius 1 is 0.893 bits per heavy atom. The smallest absolute Gasteiger partial charge is 0.225 e. The number of carbonyl (C=O) groups excluding carboxylic acids is 2. The van der Waals surface area contributed by atoms with Crippen molar-refractivity contribution in [1.29, 1.82) is 0 Å². The summed E-state index contributed by atoms with van der Waals surface area (Å²) < 4.78 is 0. The number of rotatable bonds is 6. The third-order valence-corrected chi connectivity index (χ3v) is 6.56. The molecule has 0 unspecified atom stereocenters. The number of nitrogens with one attached hydrogen (secondary N) is 1. The van der Waals surface area contributed by atoms with Crippen molar-refractivity contribution in [1.82, 2.24) is 10.2 Å². The number of amides is 2. The zero-order valence-corrected chi connectivity index (χ0v) is 17.4. The topological polar surface area (TPSA) is 49.4 Å². The van der Waals surface area contributed by atoms with E-state index in [1.165, 1.54) is 31.2 Å². The van der Waals surface area contributed by atoms with Crippen molar-refractivity contribution < 1.29 is 9.59 Å². The van der Waals surface area contributed by atoms with Crippen molar-refractivity contribution in [3.05, 3.63) is 35.9 Å². The third kappa shape index (κ3) is 5.83. The summed E-state index contributed by atoms with van der Waals surface area (Å²) in [5.74, 6) is 0.658. The van der Waals surface area contributed by atoms with Crippen molar-refractivity contribution in [3.8, 4) is 0 Å². The Labute approximate surface area is 170 Å². The van der Waals surface area contributed by atoms with Crippen LogP contribution in [0.25, 0.3) is 0 Å². The minimum Gasteiger partial charge on any atom is -0.353 e. The largest absolute Gasteiger partial charge is 0.353 e. The van der Waals surface area contributed by atoms with Gasteiger partial charge in [0.05, 0.1) is 0 Å². The summed E-state index contributed by atoms with van der Waals surface area (Å²) in [5, 5.41) is 3.30. The van der Waals surface area contributed by atoms with E-state index in [4.69, 9.17) is 0 Å². The summed E-state index contributed by atoms with van der Waals surface area (Å²) in [4.78, 5) is 27.6. The van der Waals surface area contributed by atoms with Gasteiger partial charge in [-0.1, -0.05) is 56.0 Å². The van der Waals surface area contributed by atoms with E-state index in [2.05, 4.69) is 17.4 Å². The van der Waals surface area contributed by atoms with Crippen molar-refractivity contribution >= 4 is 11.8 Å². The number of nitrogens with zero attached hydrogens (tertiary/aromatic N) is 1. The predicted molar refractivity (Wildman–Crippen MR) is 113 cm³/mol. The van der Waals surface area contributed by atoms with Crippen LogP contribution in [0.1, 0.15) is 76.7 Å². The van der Waals surface area contributed by atoms with Gasteiger partial charge in [-0.25, -0.2) is 0 Å². The molecule has 1 N–H and O–H groups in total. The van der Waals surface area contributed by atoms with Gasteiger partial charge in [0.1, 0.15) is 0 Å². The van der Waals surface area contributed by atoms with Gasteiger partial charge in [-0.05, 0) is 51.0 Å². The SMILES string of the molecule is CCN(Cc1ccccc1)C(=O)C1CCC(C(=O)NC2CCCCCC2)CC1. The molecule has 4 heteroatoms. The molecule has 4 nitrogen and oxygen atoms in total. The molecule has 28 heavy (non-hydrogen) atoms. The molecule has 1 aromatic rings. The van der Waals surface area contributed by atoms with Gasteiger partial charge in [0.15, 0.2) is 0 Å². The van der Waals surface area contributed by atoms with E-state index in [0.717, 1.165) is 45.1 Å². The van der Waals surface area contributed by atoms with Crippen molar-refractivity contribution in [2.24, 2.45) is 11.8 Å². The molecule has 0 saturated heterocycles. The second-order valence-electron chi connectivity index (χ2n) is 8.58. The molecule has 2 aliphatic carbocycles. The van der Waals surface area contributed by atoms with Crippen LogP contribution in [0.5, 0.6) is 0 Å². The van der Waals surface area contributed by atoms with E-state index in [0.29, 0.717) is 12.6 Å². The molecule has 3 rings (SSSR count). The Kier molecular flexibility index (Phi) is 7.93. The molecule has 154 valence electrons. The van der Waals surface area contributed by atoms with Gasteiger partial charge in [-0.3, -0.25) is 9.59 Å². The second kappa shape index (κ2) is 10.6. The molecule has 2 fully saturated rings. The maximum Gasteiger partial charge on any atom is 0.225 e. The van der Waals surface area contributed by atoms with Gasteiger partial charge in [0.2, 0.25) is 11.8 Å². The Morgan fingerprint density at radius 3 is 2.11 bits per heavy atom. The molecule has 2 saturated carbocycles. The van der Waals surface area contributed by atoms with Crippen LogP contribution in [0, 0.1) is 11.8 Å². The zero-order valence-electron chi connectivity index (χ0n) is 17.4. The predicted octanol–water partition coefficient (Wildman–Crippen LogP) is 4.68. The van der Waals surface area contributed by atoms with Gasteiger partial charge < -0.3 is 10.2 Å². The quantitative estimate of drug-likeness (QED) is 0.724. The highest BCUT2D eigenvalue weighted by molar-refractivity contribution is 5.81. The molecule has 0 aliphatic heterocycles. The molecular formula is C24H36N2O2. The van der Waals surface area contributed by atoms with Gasteiger partial charge in [-0.2, -0.15) is 0 Å². The van der Waals surface area contributed by atoms with Crippen LogP contribution in [0.3, 0.4) is 0 Å². The first-order valence-corrected chi connectivity index (χ1v) is 11.3. The van der Waals surface area contributed by atoms with Crippen LogP contribution >= 0.6 is 0 Å². The van der Waals surface area contributed by atoms with Gasteiger partial charge in [-0.15, -0.1) is 0 Å². The lowest BCUT2D eigenvalue weighted by molar-refractivity contribution is -0.138. The van der Waals surface area contributed by atoms with E-state index < -0.39 is 0 Å².